The maximum absolute atomic E-state index is 12.2. The highest BCUT2D eigenvalue weighted by Crippen LogP contribution is 2.26. The predicted molar refractivity (Wildman–Crippen MR) is 87.1 cm³/mol. The maximum Gasteiger partial charge on any atom is 0.361 e. The summed E-state index contributed by atoms with van der Waals surface area (Å²) in [5.74, 6) is 0.212. The van der Waals surface area contributed by atoms with Gasteiger partial charge in [-0.2, -0.15) is 0 Å². The van der Waals surface area contributed by atoms with Crippen LogP contribution in [0.1, 0.15) is 17.4 Å². The van der Waals surface area contributed by atoms with Gasteiger partial charge in [-0.05, 0) is 43.3 Å². The van der Waals surface area contributed by atoms with Crippen LogP contribution in [0.5, 0.6) is 5.75 Å². The number of nitrogens with zero attached hydrogens (tertiary/aromatic N) is 4. The van der Waals surface area contributed by atoms with Crippen LogP contribution in [0.4, 0.5) is 0 Å². The Morgan fingerprint density at radius 3 is 2.62 bits per heavy atom. The summed E-state index contributed by atoms with van der Waals surface area (Å²) in [7, 11) is 1.60. The van der Waals surface area contributed by atoms with Gasteiger partial charge in [0, 0.05) is 18.0 Å². The van der Waals surface area contributed by atoms with Crippen molar-refractivity contribution in [2.24, 2.45) is 0 Å². The Hall–Kier alpha value is -3.22. The normalized spacial score (nSPS) is 10.4. The highest BCUT2D eigenvalue weighted by molar-refractivity contribution is 5.94. The monoisotopic (exact) mass is 324 g/mol. The van der Waals surface area contributed by atoms with Gasteiger partial charge in [-0.3, -0.25) is 4.98 Å². The minimum absolute atomic E-state index is 0.153. The molecule has 0 saturated heterocycles. The van der Waals surface area contributed by atoms with Gasteiger partial charge in [0.25, 0.3) is 0 Å². The Balaban J connectivity index is 2.13. The van der Waals surface area contributed by atoms with Gasteiger partial charge in [-0.1, -0.05) is 5.21 Å². The molecule has 0 radical (unpaired) electrons. The van der Waals surface area contributed by atoms with Gasteiger partial charge >= 0.3 is 5.97 Å². The van der Waals surface area contributed by atoms with Crippen LogP contribution in [0.3, 0.4) is 0 Å². The molecule has 0 fully saturated rings. The molecule has 0 aliphatic rings. The molecule has 7 heteroatoms. The molecule has 0 saturated carbocycles. The summed E-state index contributed by atoms with van der Waals surface area (Å²) in [6.45, 7) is 2.01. The molecule has 3 aromatic rings. The van der Waals surface area contributed by atoms with Crippen molar-refractivity contribution in [3.8, 4) is 22.7 Å². The molecule has 0 amide bonds. The molecule has 7 nitrogen and oxygen atoms in total. The molecule has 0 bridgehead atoms. The summed E-state index contributed by atoms with van der Waals surface area (Å²) in [6.07, 6.45) is 3.32. The van der Waals surface area contributed by atoms with Crippen molar-refractivity contribution in [1.29, 1.82) is 0 Å². The zero-order valence-electron chi connectivity index (χ0n) is 13.3. The zero-order chi connectivity index (χ0) is 16.9. The average Bonchev–Trinajstić information content (AvgIpc) is 3.08. The van der Waals surface area contributed by atoms with Crippen LogP contribution < -0.4 is 4.74 Å². The Morgan fingerprint density at radius 2 is 2.00 bits per heavy atom. The van der Waals surface area contributed by atoms with E-state index in [1.54, 1.807) is 37.2 Å². The summed E-state index contributed by atoms with van der Waals surface area (Å²) < 4.78 is 11.8. The molecule has 0 unspecified atom stereocenters. The lowest BCUT2D eigenvalue weighted by molar-refractivity contribution is 0.0520. The SMILES string of the molecule is CCOC(=O)c1nnn(-c2ccc(OC)cc2)c1-c1cccnc1. The van der Waals surface area contributed by atoms with Crippen LogP contribution in [0.2, 0.25) is 0 Å². The van der Waals surface area contributed by atoms with Gasteiger partial charge in [0.1, 0.15) is 11.4 Å². The van der Waals surface area contributed by atoms with E-state index in [9.17, 15) is 4.79 Å². The van der Waals surface area contributed by atoms with Crippen molar-refractivity contribution in [2.45, 2.75) is 6.92 Å². The van der Waals surface area contributed by atoms with E-state index in [0.717, 1.165) is 17.0 Å². The first kappa shape index (κ1) is 15.7. The fraction of sp³-hybridized carbons (Fsp3) is 0.176. The van der Waals surface area contributed by atoms with Crippen LogP contribution >= 0.6 is 0 Å². The second kappa shape index (κ2) is 6.91. The van der Waals surface area contributed by atoms with Crippen LogP contribution in [0.15, 0.2) is 48.8 Å². The number of rotatable bonds is 5. The zero-order valence-corrected chi connectivity index (χ0v) is 13.3. The topological polar surface area (TPSA) is 79.1 Å². The third kappa shape index (κ3) is 2.96. The Kier molecular flexibility index (Phi) is 4.51. The third-order valence-corrected chi connectivity index (χ3v) is 3.39. The van der Waals surface area contributed by atoms with E-state index in [1.165, 1.54) is 0 Å². The van der Waals surface area contributed by atoms with Crippen molar-refractivity contribution in [1.82, 2.24) is 20.0 Å². The van der Waals surface area contributed by atoms with E-state index in [-0.39, 0.29) is 12.3 Å². The van der Waals surface area contributed by atoms with Gasteiger partial charge in [0.15, 0.2) is 5.69 Å². The fourth-order valence-corrected chi connectivity index (χ4v) is 2.28. The molecular weight excluding hydrogens is 308 g/mol. The van der Waals surface area contributed by atoms with Crippen molar-refractivity contribution >= 4 is 5.97 Å². The molecule has 0 N–H and O–H groups in total. The number of carbonyl (C=O) groups excluding carboxylic acids is 1. The number of pyridine rings is 1. The van der Waals surface area contributed by atoms with Crippen LogP contribution in [0.25, 0.3) is 16.9 Å². The van der Waals surface area contributed by atoms with E-state index in [1.807, 2.05) is 30.3 Å². The molecule has 0 aliphatic heterocycles. The predicted octanol–water partition coefficient (Wildman–Crippen LogP) is 2.51. The molecular formula is C17H16N4O3. The third-order valence-electron chi connectivity index (χ3n) is 3.39. The molecule has 0 aliphatic carbocycles. The second-order valence-electron chi connectivity index (χ2n) is 4.86. The lowest BCUT2D eigenvalue weighted by Gasteiger charge is -2.08. The molecule has 2 aromatic heterocycles. The molecule has 24 heavy (non-hydrogen) atoms. The highest BCUT2D eigenvalue weighted by atomic mass is 16.5. The van der Waals surface area contributed by atoms with E-state index in [0.29, 0.717) is 5.69 Å². The van der Waals surface area contributed by atoms with E-state index in [4.69, 9.17) is 9.47 Å². The van der Waals surface area contributed by atoms with Crippen molar-refractivity contribution in [3.05, 3.63) is 54.5 Å². The van der Waals surface area contributed by atoms with Crippen LogP contribution in [0, 0.1) is 0 Å². The van der Waals surface area contributed by atoms with Crippen molar-refractivity contribution in [3.63, 3.8) is 0 Å². The first-order valence-corrected chi connectivity index (χ1v) is 7.42. The minimum Gasteiger partial charge on any atom is -0.497 e. The van der Waals surface area contributed by atoms with Crippen molar-refractivity contribution in [2.75, 3.05) is 13.7 Å². The number of methoxy groups -OCH3 is 1. The smallest absolute Gasteiger partial charge is 0.361 e. The number of carbonyl (C=O) groups is 1. The summed E-state index contributed by atoms with van der Waals surface area (Å²) in [4.78, 5) is 16.3. The fourth-order valence-electron chi connectivity index (χ4n) is 2.28. The number of aromatic nitrogens is 4. The first-order chi connectivity index (χ1) is 11.7. The first-order valence-electron chi connectivity index (χ1n) is 7.42. The van der Waals surface area contributed by atoms with Crippen molar-refractivity contribution < 1.29 is 14.3 Å². The van der Waals surface area contributed by atoms with Gasteiger partial charge in [-0.15, -0.1) is 5.10 Å². The lowest BCUT2D eigenvalue weighted by atomic mass is 10.1. The number of esters is 1. The summed E-state index contributed by atoms with van der Waals surface area (Å²) >= 11 is 0. The summed E-state index contributed by atoms with van der Waals surface area (Å²) in [6, 6.07) is 10.9. The average molecular weight is 324 g/mol. The largest absolute Gasteiger partial charge is 0.497 e. The van der Waals surface area contributed by atoms with E-state index < -0.39 is 5.97 Å². The second-order valence-corrected chi connectivity index (χ2v) is 4.86. The molecule has 122 valence electrons. The van der Waals surface area contributed by atoms with E-state index in [2.05, 4.69) is 15.3 Å². The molecule has 3 rings (SSSR count). The highest BCUT2D eigenvalue weighted by Gasteiger charge is 2.23. The molecule has 1 aromatic carbocycles. The molecule has 2 heterocycles. The number of benzene rings is 1. The summed E-state index contributed by atoms with van der Waals surface area (Å²) in [5, 5.41) is 8.13. The number of ether oxygens (including phenoxy) is 2. The minimum atomic E-state index is -0.517. The quantitative estimate of drug-likeness (QED) is 0.671. The summed E-state index contributed by atoms with van der Waals surface area (Å²) in [5.41, 5.74) is 2.16. The number of hydrogen-bond donors (Lipinski definition) is 0. The van der Waals surface area contributed by atoms with Gasteiger partial charge in [0.05, 0.1) is 19.4 Å². The van der Waals surface area contributed by atoms with Crippen LogP contribution in [-0.4, -0.2) is 39.7 Å². The van der Waals surface area contributed by atoms with Gasteiger partial charge in [0.2, 0.25) is 0 Å². The van der Waals surface area contributed by atoms with E-state index >= 15 is 0 Å². The maximum atomic E-state index is 12.2. The lowest BCUT2D eigenvalue weighted by Crippen LogP contribution is -2.08. The van der Waals surface area contributed by atoms with Gasteiger partial charge < -0.3 is 9.47 Å². The van der Waals surface area contributed by atoms with Crippen LogP contribution in [-0.2, 0) is 4.74 Å². The number of hydrogen-bond acceptors (Lipinski definition) is 6. The Morgan fingerprint density at radius 1 is 1.21 bits per heavy atom. The standard InChI is InChI=1S/C17H16N4O3/c1-3-24-17(22)15-16(12-5-4-10-18-11-12)21(20-19-15)13-6-8-14(23-2)9-7-13/h4-11H,3H2,1-2H3. The Labute approximate surface area is 138 Å². The Bertz CT molecular complexity index is 829. The molecule has 0 spiro atoms. The van der Waals surface area contributed by atoms with Gasteiger partial charge in [-0.25, -0.2) is 9.48 Å². The molecule has 0 atom stereocenters.